The van der Waals surface area contributed by atoms with Crippen molar-refractivity contribution in [2.75, 3.05) is 5.32 Å². The van der Waals surface area contributed by atoms with Crippen LogP contribution in [-0.4, -0.2) is 15.5 Å². The van der Waals surface area contributed by atoms with Gasteiger partial charge < -0.3 is 4.57 Å². The summed E-state index contributed by atoms with van der Waals surface area (Å²) < 4.78 is 16.5. The molecule has 2 aromatic rings. The molecule has 130 valence electrons. The zero-order valence-corrected chi connectivity index (χ0v) is 16.1. The molecule has 1 amide bonds. The zero-order chi connectivity index (χ0) is 17.7. The molecule has 24 heavy (non-hydrogen) atoms. The van der Waals surface area contributed by atoms with E-state index in [-0.39, 0.29) is 22.7 Å². The van der Waals surface area contributed by atoms with E-state index in [9.17, 15) is 9.18 Å². The summed E-state index contributed by atoms with van der Waals surface area (Å²) in [4.78, 5) is 17.0. The topological polar surface area (TPSA) is 46.9 Å². The predicted octanol–water partition coefficient (Wildman–Crippen LogP) is 5.21. The van der Waals surface area contributed by atoms with Crippen molar-refractivity contribution >= 4 is 38.8 Å². The molecular weight excluding hydrogens is 373 g/mol. The second-order valence-corrected chi connectivity index (χ2v) is 8.93. The number of rotatable bonds is 3. The maximum Gasteiger partial charge on any atom is 0.227 e. The van der Waals surface area contributed by atoms with E-state index >= 15 is 0 Å². The lowest BCUT2D eigenvalue weighted by Crippen LogP contribution is -2.38. The maximum atomic E-state index is 14.1. The van der Waals surface area contributed by atoms with E-state index in [1.807, 2.05) is 25.3 Å². The van der Waals surface area contributed by atoms with Crippen LogP contribution in [0.1, 0.15) is 53.4 Å². The van der Waals surface area contributed by atoms with Gasteiger partial charge in [-0.05, 0) is 59.7 Å². The highest BCUT2D eigenvalue weighted by Gasteiger charge is 2.38. The molecule has 0 saturated heterocycles. The minimum atomic E-state index is -0.320. The summed E-state index contributed by atoms with van der Waals surface area (Å²) in [5, 5.41) is 2.95. The predicted molar refractivity (Wildman–Crippen MR) is 97.6 cm³/mol. The van der Waals surface area contributed by atoms with Gasteiger partial charge in [0.1, 0.15) is 5.82 Å². The van der Waals surface area contributed by atoms with Crippen LogP contribution in [0.25, 0.3) is 11.0 Å². The second-order valence-electron chi connectivity index (χ2n) is 8.14. The number of nitrogens with one attached hydrogen (secondary N) is 1. The monoisotopic (exact) mass is 395 g/mol. The highest BCUT2D eigenvalue weighted by molar-refractivity contribution is 9.10. The first kappa shape index (κ1) is 17.4. The van der Waals surface area contributed by atoms with Crippen LogP contribution >= 0.6 is 15.9 Å². The fraction of sp³-hybridized carbons (Fsp3) is 0.556. The van der Waals surface area contributed by atoms with Crippen LogP contribution in [0.4, 0.5) is 10.3 Å². The Balaban J connectivity index is 2.09. The summed E-state index contributed by atoms with van der Waals surface area (Å²) in [6, 6.07) is 3.06. The van der Waals surface area contributed by atoms with Gasteiger partial charge in [0.05, 0.1) is 15.5 Å². The first-order valence-corrected chi connectivity index (χ1v) is 9.07. The van der Waals surface area contributed by atoms with E-state index in [2.05, 4.69) is 33.2 Å². The molecule has 0 radical (unpaired) electrons. The fourth-order valence-corrected chi connectivity index (χ4v) is 3.79. The van der Waals surface area contributed by atoms with Crippen molar-refractivity contribution < 1.29 is 9.18 Å². The number of fused-ring (bicyclic) bond motifs is 1. The molecule has 3 rings (SSSR count). The fourth-order valence-electron chi connectivity index (χ4n) is 3.27. The van der Waals surface area contributed by atoms with E-state index in [4.69, 9.17) is 0 Å². The number of nitrogens with zero attached hydrogens (tertiary/aromatic N) is 2. The maximum absolute atomic E-state index is 14.1. The number of carbonyl (C=O) groups is 1. The molecule has 1 saturated carbocycles. The van der Waals surface area contributed by atoms with Gasteiger partial charge in [-0.15, -0.1) is 0 Å². The van der Waals surface area contributed by atoms with Gasteiger partial charge in [0.15, 0.2) is 0 Å². The van der Waals surface area contributed by atoms with E-state index in [0.29, 0.717) is 27.9 Å². The Hall–Kier alpha value is -1.43. The van der Waals surface area contributed by atoms with Crippen molar-refractivity contribution in [1.82, 2.24) is 9.55 Å². The van der Waals surface area contributed by atoms with E-state index in [1.54, 1.807) is 6.07 Å². The summed E-state index contributed by atoms with van der Waals surface area (Å²) in [5.41, 5.74) is 1.15. The van der Waals surface area contributed by atoms with Crippen molar-refractivity contribution in [3.8, 4) is 0 Å². The van der Waals surface area contributed by atoms with Gasteiger partial charge in [0.2, 0.25) is 11.9 Å². The molecule has 0 spiro atoms. The largest absolute Gasteiger partial charge is 0.303 e. The average Bonchev–Trinajstić information content (AvgIpc) is 2.77. The number of hydrogen-bond acceptors (Lipinski definition) is 2. The summed E-state index contributed by atoms with van der Waals surface area (Å²) in [6.45, 7) is 8.20. The van der Waals surface area contributed by atoms with Crippen LogP contribution < -0.4 is 5.32 Å². The van der Waals surface area contributed by atoms with E-state index in [0.717, 1.165) is 19.3 Å². The lowest BCUT2D eigenvalue weighted by molar-refractivity contribution is -0.117. The third-order valence-electron chi connectivity index (χ3n) is 4.62. The first-order chi connectivity index (χ1) is 11.1. The summed E-state index contributed by atoms with van der Waals surface area (Å²) in [5.74, 6) is 0.116. The number of hydrogen-bond donors (Lipinski definition) is 1. The van der Waals surface area contributed by atoms with Crippen molar-refractivity contribution in [2.24, 2.45) is 5.41 Å². The molecule has 1 fully saturated rings. The Kier molecular flexibility index (Phi) is 4.22. The minimum absolute atomic E-state index is 0.0708. The first-order valence-electron chi connectivity index (χ1n) is 8.28. The van der Waals surface area contributed by atoms with E-state index in [1.165, 1.54) is 6.07 Å². The van der Waals surface area contributed by atoms with Crippen LogP contribution in [0, 0.1) is 11.2 Å². The highest BCUT2D eigenvalue weighted by atomic mass is 79.9. The van der Waals surface area contributed by atoms with Crippen LogP contribution in [0.15, 0.2) is 16.6 Å². The average molecular weight is 396 g/mol. The van der Waals surface area contributed by atoms with Gasteiger partial charge in [-0.1, -0.05) is 20.8 Å². The summed E-state index contributed by atoms with van der Waals surface area (Å²) in [6.07, 6.45) is 3.51. The molecule has 0 aliphatic heterocycles. The lowest BCUT2D eigenvalue weighted by atomic mass is 9.78. The Morgan fingerprint density at radius 2 is 2.08 bits per heavy atom. The number of imidazole rings is 1. The van der Waals surface area contributed by atoms with Gasteiger partial charge in [-0.3, -0.25) is 10.1 Å². The molecule has 6 heteroatoms. The quantitative estimate of drug-likeness (QED) is 0.774. The molecule has 1 aliphatic rings. The van der Waals surface area contributed by atoms with Crippen molar-refractivity contribution in [2.45, 2.75) is 58.9 Å². The summed E-state index contributed by atoms with van der Waals surface area (Å²) >= 11 is 3.36. The molecule has 1 aromatic heterocycles. The smallest absolute Gasteiger partial charge is 0.227 e. The zero-order valence-electron chi connectivity index (χ0n) is 14.5. The van der Waals surface area contributed by atoms with Crippen LogP contribution in [0.2, 0.25) is 0 Å². The normalized spacial score (nSPS) is 16.9. The third-order valence-corrected chi connectivity index (χ3v) is 5.38. The summed E-state index contributed by atoms with van der Waals surface area (Å²) in [7, 11) is 0. The lowest BCUT2D eigenvalue weighted by Gasteiger charge is -2.41. The van der Waals surface area contributed by atoms with Gasteiger partial charge in [-0.2, -0.15) is 0 Å². The van der Waals surface area contributed by atoms with Crippen molar-refractivity contribution in [3.05, 3.63) is 22.4 Å². The molecule has 4 nitrogen and oxygen atoms in total. The minimum Gasteiger partial charge on any atom is -0.303 e. The molecule has 0 atom stereocenters. The standard InChI is InChI=1S/C18H23BrFN3O/c1-17(2,3)10-13(24)22-16-21-12-7-6-11(20)14(19)15(12)23(16)18(4)8-5-9-18/h6-7H,5,8-10H2,1-4H3,(H,21,22,24). The third kappa shape index (κ3) is 3.08. The molecule has 0 unspecified atom stereocenters. The second kappa shape index (κ2) is 5.83. The van der Waals surface area contributed by atoms with Crippen LogP contribution in [-0.2, 0) is 10.3 Å². The molecule has 0 bridgehead atoms. The van der Waals surface area contributed by atoms with Crippen LogP contribution in [0.5, 0.6) is 0 Å². The number of carbonyl (C=O) groups excluding carboxylic acids is 1. The van der Waals surface area contributed by atoms with Crippen LogP contribution in [0.3, 0.4) is 0 Å². The van der Waals surface area contributed by atoms with Crippen molar-refractivity contribution in [1.29, 1.82) is 0 Å². The molecule has 1 aromatic carbocycles. The Bertz CT molecular complexity index is 803. The Morgan fingerprint density at radius 1 is 1.42 bits per heavy atom. The molecule has 1 N–H and O–H groups in total. The number of aromatic nitrogens is 2. The number of amides is 1. The van der Waals surface area contributed by atoms with Gasteiger partial charge in [0.25, 0.3) is 0 Å². The van der Waals surface area contributed by atoms with Gasteiger partial charge >= 0.3 is 0 Å². The Labute approximate surface area is 150 Å². The number of benzene rings is 1. The molecule has 1 aliphatic carbocycles. The van der Waals surface area contributed by atoms with E-state index < -0.39 is 0 Å². The molecule has 1 heterocycles. The van der Waals surface area contributed by atoms with Gasteiger partial charge in [-0.25, -0.2) is 9.37 Å². The number of anilines is 1. The Morgan fingerprint density at radius 3 is 2.62 bits per heavy atom. The number of halogens is 2. The van der Waals surface area contributed by atoms with Crippen molar-refractivity contribution in [3.63, 3.8) is 0 Å². The molecular formula is C18H23BrFN3O. The SMILES string of the molecule is CC(C)(C)CC(=O)Nc1nc2ccc(F)c(Br)c2n1C1(C)CCC1. The highest BCUT2D eigenvalue weighted by Crippen LogP contribution is 2.44. The van der Waals surface area contributed by atoms with Gasteiger partial charge in [0, 0.05) is 12.0 Å².